The average molecular weight is 474 g/mol. The van der Waals surface area contributed by atoms with Crippen LogP contribution in [0.15, 0.2) is 30.7 Å². The number of fused-ring (bicyclic) bond motifs is 2. The highest BCUT2D eigenvalue weighted by atomic mass is 19.3. The number of halogens is 3. The van der Waals surface area contributed by atoms with Crippen LogP contribution in [0.5, 0.6) is 5.88 Å². The summed E-state index contributed by atoms with van der Waals surface area (Å²) in [4.78, 5) is 8.59. The van der Waals surface area contributed by atoms with Crippen molar-refractivity contribution in [2.45, 2.75) is 57.2 Å². The van der Waals surface area contributed by atoms with Crippen LogP contribution >= 0.6 is 0 Å². The molecule has 1 fully saturated rings. The van der Waals surface area contributed by atoms with Crippen molar-refractivity contribution < 1.29 is 23.0 Å². The summed E-state index contributed by atoms with van der Waals surface area (Å²) >= 11 is 0. The lowest BCUT2D eigenvalue weighted by Crippen LogP contribution is -2.36. The fourth-order valence-corrected chi connectivity index (χ4v) is 4.57. The maximum atomic E-state index is 15.2. The molecule has 34 heavy (non-hydrogen) atoms. The van der Waals surface area contributed by atoms with E-state index in [4.69, 9.17) is 4.74 Å². The van der Waals surface area contributed by atoms with Crippen LogP contribution in [0.2, 0.25) is 0 Å². The van der Waals surface area contributed by atoms with E-state index >= 15 is 4.39 Å². The van der Waals surface area contributed by atoms with Crippen molar-refractivity contribution in [3.8, 4) is 17.0 Å². The van der Waals surface area contributed by atoms with Gasteiger partial charge in [0.15, 0.2) is 5.82 Å². The van der Waals surface area contributed by atoms with Crippen molar-refractivity contribution in [2.75, 3.05) is 12.4 Å². The topological polar surface area (TPSA) is 89.5 Å². The zero-order valence-corrected chi connectivity index (χ0v) is 18.8. The first-order chi connectivity index (χ1) is 16.2. The van der Waals surface area contributed by atoms with Crippen molar-refractivity contribution in [3.05, 3.63) is 36.5 Å². The van der Waals surface area contributed by atoms with Crippen LogP contribution in [0.25, 0.3) is 27.7 Å². The Hall–Kier alpha value is -3.34. The molecule has 0 saturated heterocycles. The van der Waals surface area contributed by atoms with Crippen LogP contribution in [0.4, 0.5) is 19.1 Å². The highest BCUT2D eigenvalue weighted by Gasteiger charge is 2.29. The SMILES string of the molecule is COc1nc(NC2CCC(C)(O)CC2)nn2cc(F)c(-c3ccc4ncn(CC(F)F)c4c3)c12. The molecule has 0 unspecified atom stereocenters. The lowest BCUT2D eigenvalue weighted by molar-refractivity contribution is 0.0195. The quantitative estimate of drug-likeness (QED) is 0.434. The van der Waals surface area contributed by atoms with Gasteiger partial charge in [-0.05, 0) is 50.3 Å². The number of hydrogen-bond donors (Lipinski definition) is 2. The molecule has 0 atom stereocenters. The third-order valence-electron chi connectivity index (χ3n) is 6.39. The van der Waals surface area contributed by atoms with Crippen molar-refractivity contribution in [1.82, 2.24) is 24.1 Å². The minimum absolute atomic E-state index is 0.0831. The number of benzene rings is 1. The summed E-state index contributed by atoms with van der Waals surface area (Å²) in [6.07, 6.45) is 2.90. The lowest BCUT2D eigenvalue weighted by atomic mass is 9.84. The number of methoxy groups -OCH3 is 1. The van der Waals surface area contributed by atoms with E-state index in [1.54, 1.807) is 18.2 Å². The minimum Gasteiger partial charge on any atom is -0.479 e. The van der Waals surface area contributed by atoms with Crippen LogP contribution in [0.1, 0.15) is 32.6 Å². The second-order valence-electron chi connectivity index (χ2n) is 9.00. The smallest absolute Gasteiger partial charge is 0.256 e. The van der Waals surface area contributed by atoms with Crippen LogP contribution in [0, 0.1) is 5.82 Å². The number of aliphatic hydroxyl groups is 1. The molecule has 0 radical (unpaired) electrons. The number of nitrogens with zero attached hydrogens (tertiary/aromatic N) is 5. The molecule has 11 heteroatoms. The molecular formula is C23H25F3N6O2. The molecule has 0 amide bonds. The van der Waals surface area contributed by atoms with E-state index in [9.17, 15) is 13.9 Å². The van der Waals surface area contributed by atoms with Crippen LogP contribution in [-0.2, 0) is 6.54 Å². The van der Waals surface area contributed by atoms with E-state index in [1.807, 2.05) is 6.92 Å². The fraction of sp³-hybridized carbons (Fsp3) is 0.435. The summed E-state index contributed by atoms with van der Waals surface area (Å²) in [6.45, 7) is 1.33. The van der Waals surface area contributed by atoms with E-state index in [0.717, 1.165) is 12.8 Å². The number of alkyl halides is 2. The summed E-state index contributed by atoms with van der Waals surface area (Å²) in [5, 5.41) is 17.9. The van der Waals surface area contributed by atoms with Gasteiger partial charge in [-0.25, -0.2) is 22.7 Å². The van der Waals surface area contributed by atoms with E-state index in [0.29, 0.717) is 40.9 Å². The predicted molar refractivity (Wildman–Crippen MR) is 121 cm³/mol. The van der Waals surface area contributed by atoms with Gasteiger partial charge in [0.2, 0.25) is 11.8 Å². The normalized spacial score (nSPS) is 21.0. The summed E-state index contributed by atoms with van der Waals surface area (Å²) in [6, 6.07) is 5.05. The van der Waals surface area contributed by atoms with Crippen molar-refractivity contribution in [1.29, 1.82) is 0 Å². The lowest BCUT2D eigenvalue weighted by Gasteiger charge is -2.33. The van der Waals surface area contributed by atoms with Gasteiger partial charge in [0.05, 0.1) is 48.4 Å². The minimum atomic E-state index is -2.54. The summed E-state index contributed by atoms with van der Waals surface area (Å²) in [7, 11) is 1.44. The van der Waals surface area contributed by atoms with E-state index in [2.05, 4.69) is 20.4 Å². The molecule has 0 spiro atoms. The van der Waals surface area contributed by atoms with Gasteiger partial charge in [-0.1, -0.05) is 6.07 Å². The van der Waals surface area contributed by atoms with Gasteiger partial charge < -0.3 is 19.7 Å². The van der Waals surface area contributed by atoms with Crippen molar-refractivity contribution in [3.63, 3.8) is 0 Å². The van der Waals surface area contributed by atoms with Crippen molar-refractivity contribution in [2.24, 2.45) is 0 Å². The predicted octanol–water partition coefficient (Wildman–Crippen LogP) is 4.26. The second-order valence-corrected chi connectivity index (χ2v) is 9.00. The number of anilines is 1. The molecule has 8 nitrogen and oxygen atoms in total. The molecule has 2 N–H and O–H groups in total. The Kier molecular flexibility index (Phi) is 5.59. The Morgan fingerprint density at radius 3 is 2.76 bits per heavy atom. The maximum Gasteiger partial charge on any atom is 0.256 e. The van der Waals surface area contributed by atoms with Gasteiger partial charge >= 0.3 is 0 Å². The zero-order chi connectivity index (χ0) is 24.0. The van der Waals surface area contributed by atoms with E-state index < -0.39 is 24.4 Å². The highest BCUT2D eigenvalue weighted by molar-refractivity contribution is 5.90. The van der Waals surface area contributed by atoms with Crippen molar-refractivity contribution >= 4 is 22.5 Å². The van der Waals surface area contributed by atoms with Crippen LogP contribution in [-0.4, -0.2) is 54.4 Å². The van der Waals surface area contributed by atoms with E-state index in [1.165, 1.54) is 28.7 Å². The number of imidazole rings is 1. The molecule has 3 heterocycles. The highest BCUT2D eigenvalue weighted by Crippen LogP contribution is 2.36. The van der Waals surface area contributed by atoms with Gasteiger partial charge in [0.25, 0.3) is 6.43 Å². The fourth-order valence-electron chi connectivity index (χ4n) is 4.57. The van der Waals surface area contributed by atoms with Gasteiger partial charge in [-0.2, -0.15) is 4.98 Å². The van der Waals surface area contributed by atoms with Gasteiger partial charge in [0, 0.05) is 6.04 Å². The molecule has 1 aliphatic rings. The molecule has 1 aliphatic carbocycles. The summed E-state index contributed by atoms with van der Waals surface area (Å²) in [5.74, 6) is -0.0685. The molecule has 4 aromatic rings. The first kappa shape index (κ1) is 22.5. The average Bonchev–Trinajstić information content (AvgIpc) is 3.33. The Morgan fingerprint density at radius 1 is 1.29 bits per heavy atom. The molecule has 1 saturated carbocycles. The number of rotatable bonds is 6. The number of ether oxygens (including phenoxy) is 1. The third-order valence-corrected chi connectivity index (χ3v) is 6.39. The van der Waals surface area contributed by atoms with Crippen LogP contribution < -0.4 is 10.1 Å². The first-order valence-electron chi connectivity index (χ1n) is 11.1. The van der Waals surface area contributed by atoms with Gasteiger partial charge in [0.1, 0.15) is 5.52 Å². The summed E-state index contributed by atoms with van der Waals surface area (Å²) < 4.78 is 49.3. The molecule has 0 aliphatic heterocycles. The monoisotopic (exact) mass is 474 g/mol. The maximum absolute atomic E-state index is 15.2. The Bertz CT molecular complexity index is 1340. The molecular weight excluding hydrogens is 449 g/mol. The van der Waals surface area contributed by atoms with Crippen LogP contribution in [0.3, 0.4) is 0 Å². The largest absolute Gasteiger partial charge is 0.479 e. The Morgan fingerprint density at radius 2 is 2.06 bits per heavy atom. The standard InChI is InChI=1S/C23H25F3N6O2/c1-23(33)7-5-14(6-8-23)28-22-29-21(34-2)20-19(15(24)10-32(20)30-22)13-3-4-16-17(9-13)31(12-27-16)11-18(25)26/h3-4,9-10,12,14,18,33H,5-8,11H2,1-2H3,(H,28,30). The van der Waals surface area contributed by atoms with Gasteiger partial charge in [-0.15, -0.1) is 5.10 Å². The number of aromatic nitrogens is 5. The number of nitrogens with one attached hydrogen (secondary N) is 1. The Balaban J connectivity index is 1.53. The molecule has 180 valence electrons. The molecule has 3 aromatic heterocycles. The summed E-state index contributed by atoms with van der Waals surface area (Å²) in [5.41, 5.74) is 1.36. The first-order valence-corrected chi connectivity index (χ1v) is 11.1. The second kappa shape index (κ2) is 8.46. The van der Waals surface area contributed by atoms with E-state index in [-0.39, 0.29) is 17.5 Å². The molecule has 1 aromatic carbocycles. The number of hydrogen-bond acceptors (Lipinski definition) is 6. The van der Waals surface area contributed by atoms with Gasteiger partial charge in [-0.3, -0.25) is 0 Å². The molecule has 0 bridgehead atoms. The molecule has 5 rings (SSSR count). The Labute approximate surface area is 193 Å². The third kappa shape index (κ3) is 4.15. The zero-order valence-electron chi connectivity index (χ0n) is 18.8.